The van der Waals surface area contributed by atoms with E-state index in [1.807, 2.05) is 4.90 Å². The molecule has 88 valence electrons. The van der Waals surface area contributed by atoms with E-state index in [9.17, 15) is 14.4 Å². The van der Waals surface area contributed by atoms with Crippen molar-refractivity contribution in [2.24, 2.45) is 11.8 Å². The number of amides is 2. The van der Waals surface area contributed by atoms with Gasteiger partial charge in [0.25, 0.3) is 0 Å². The molecule has 2 amide bonds. The maximum absolute atomic E-state index is 11.6. The summed E-state index contributed by atoms with van der Waals surface area (Å²) in [5, 5.41) is 8.55. The van der Waals surface area contributed by atoms with Crippen LogP contribution in [0.3, 0.4) is 0 Å². The summed E-state index contributed by atoms with van der Waals surface area (Å²) in [5.74, 6) is -1.63. The summed E-state index contributed by atoms with van der Waals surface area (Å²) in [6, 6.07) is 0. The zero-order valence-electron chi connectivity index (χ0n) is 9.05. The van der Waals surface area contributed by atoms with Crippen LogP contribution in [-0.2, 0) is 14.4 Å². The van der Waals surface area contributed by atoms with Gasteiger partial charge in [-0.05, 0) is 0 Å². The molecule has 2 heterocycles. The molecule has 2 fully saturated rings. The molecular formula is C10H14N2O4. The molecule has 2 aliphatic rings. The Morgan fingerprint density at radius 1 is 1.31 bits per heavy atom. The third kappa shape index (κ3) is 1.69. The number of carbonyl (C=O) groups is 3. The van der Waals surface area contributed by atoms with Gasteiger partial charge < -0.3 is 10.0 Å². The van der Waals surface area contributed by atoms with Crippen molar-refractivity contribution in [1.29, 1.82) is 0 Å². The van der Waals surface area contributed by atoms with Gasteiger partial charge >= 0.3 is 5.97 Å². The molecule has 0 spiro atoms. The second-order valence-corrected chi connectivity index (χ2v) is 4.35. The van der Waals surface area contributed by atoms with Crippen LogP contribution in [0.2, 0.25) is 0 Å². The number of nitrogens with zero attached hydrogens (tertiary/aromatic N) is 2. The number of carboxylic acid groups (broad SMARTS) is 1. The van der Waals surface area contributed by atoms with Gasteiger partial charge in [-0.25, -0.2) is 0 Å². The summed E-state index contributed by atoms with van der Waals surface area (Å²) in [6.45, 7) is 1.42. The molecule has 0 aromatic carbocycles. The molecule has 0 bridgehead atoms. The molecule has 2 rings (SSSR count). The van der Waals surface area contributed by atoms with Crippen molar-refractivity contribution in [3.63, 3.8) is 0 Å². The second-order valence-electron chi connectivity index (χ2n) is 4.35. The van der Waals surface area contributed by atoms with E-state index in [0.717, 1.165) is 0 Å². The van der Waals surface area contributed by atoms with E-state index >= 15 is 0 Å². The zero-order valence-corrected chi connectivity index (χ0v) is 9.05. The van der Waals surface area contributed by atoms with Gasteiger partial charge in [-0.15, -0.1) is 0 Å². The van der Waals surface area contributed by atoms with Crippen LogP contribution in [0.15, 0.2) is 0 Å². The molecule has 2 aliphatic heterocycles. The minimum atomic E-state index is -0.855. The summed E-state index contributed by atoms with van der Waals surface area (Å²) >= 11 is 0. The number of carboxylic acids is 1. The van der Waals surface area contributed by atoms with Crippen molar-refractivity contribution in [1.82, 2.24) is 9.80 Å². The van der Waals surface area contributed by atoms with Gasteiger partial charge in [-0.2, -0.15) is 0 Å². The van der Waals surface area contributed by atoms with Gasteiger partial charge in [0.15, 0.2) is 0 Å². The van der Waals surface area contributed by atoms with Gasteiger partial charge in [0.05, 0.1) is 18.3 Å². The molecule has 0 aromatic rings. The molecule has 2 saturated heterocycles. The van der Waals surface area contributed by atoms with Gasteiger partial charge in [-0.1, -0.05) is 0 Å². The third-order valence-electron chi connectivity index (χ3n) is 3.33. The normalized spacial score (nSPS) is 29.9. The largest absolute Gasteiger partial charge is 0.481 e. The second kappa shape index (κ2) is 3.86. The van der Waals surface area contributed by atoms with Crippen LogP contribution in [-0.4, -0.2) is 59.4 Å². The van der Waals surface area contributed by atoms with E-state index in [2.05, 4.69) is 0 Å². The van der Waals surface area contributed by atoms with Crippen LogP contribution in [0.1, 0.15) is 6.42 Å². The number of rotatable bonds is 3. The lowest BCUT2D eigenvalue weighted by Gasteiger charge is -2.16. The molecule has 1 N–H and O–H groups in total. The fourth-order valence-electron chi connectivity index (χ4n) is 2.43. The lowest BCUT2D eigenvalue weighted by Crippen LogP contribution is -2.33. The maximum Gasteiger partial charge on any atom is 0.304 e. The average molecular weight is 226 g/mol. The van der Waals surface area contributed by atoms with E-state index < -0.39 is 5.97 Å². The van der Waals surface area contributed by atoms with E-state index in [1.165, 1.54) is 11.9 Å². The number of fused-ring (bicyclic) bond motifs is 1. The molecule has 6 nitrogen and oxygen atoms in total. The fourth-order valence-corrected chi connectivity index (χ4v) is 2.43. The molecule has 0 aromatic heterocycles. The molecule has 0 aliphatic carbocycles. The topological polar surface area (TPSA) is 77.9 Å². The van der Waals surface area contributed by atoms with Crippen molar-refractivity contribution < 1.29 is 19.5 Å². The first-order valence-electron chi connectivity index (χ1n) is 5.26. The Morgan fingerprint density at radius 2 is 1.81 bits per heavy atom. The minimum absolute atomic E-state index is 0.0532. The third-order valence-corrected chi connectivity index (χ3v) is 3.33. The van der Waals surface area contributed by atoms with Crippen LogP contribution in [0.5, 0.6) is 0 Å². The quantitative estimate of drug-likeness (QED) is 0.625. The van der Waals surface area contributed by atoms with Crippen molar-refractivity contribution in [2.75, 3.05) is 26.7 Å². The highest BCUT2D eigenvalue weighted by Crippen LogP contribution is 2.32. The highest BCUT2D eigenvalue weighted by atomic mass is 16.4. The zero-order chi connectivity index (χ0) is 11.9. The predicted octanol–water partition coefficient (Wildman–Crippen LogP) is -0.992. The van der Waals surface area contributed by atoms with Crippen molar-refractivity contribution in [3.05, 3.63) is 0 Å². The number of hydrogen-bond acceptors (Lipinski definition) is 4. The highest BCUT2D eigenvalue weighted by molar-refractivity contribution is 6.05. The monoisotopic (exact) mass is 226 g/mol. The van der Waals surface area contributed by atoms with E-state index in [1.54, 1.807) is 0 Å². The Labute approximate surface area is 92.8 Å². The smallest absolute Gasteiger partial charge is 0.304 e. The van der Waals surface area contributed by atoms with Crippen LogP contribution in [0.25, 0.3) is 0 Å². The van der Waals surface area contributed by atoms with Crippen molar-refractivity contribution in [3.8, 4) is 0 Å². The summed E-state index contributed by atoms with van der Waals surface area (Å²) in [5.41, 5.74) is 0. The number of likely N-dealkylation sites (tertiary alicyclic amines) is 2. The van der Waals surface area contributed by atoms with Crippen LogP contribution in [0, 0.1) is 11.8 Å². The van der Waals surface area contributed by atoms with Crippen LogP contribution >= 0.6 is 0 Å². The predicted molar refractivity (Wildman–Crippen MR) is 53.4 cm³/mol. The number of imide groups is 1. The molecule has 16 heavy (non-hydrogen) atoms. The molecule has 0 unspecified atom stereocenters. The minimum Gasteiger partial charge on any atom is -0.481 e. The molecule has 6 heteroatoms. The SMILES string of the molecule is CN1C(=O)[C@H]2CN(CCC(=O)O)C[C@H]2C1=O. The number of hydrogen-bond donors (Lipinski definition) is 1. The van der Waals surface area contributed by atoms with Gasteiger partial charge in [0, 0.05) is 26.7 Å². The Balaban J connectivity index is 1.97. The maximum atomic E-state index is 11.6. The average Bonchev–Trinajstić information content (AvgIpc) is 2.73. The summed E-state index contributed by atoms with van der Waals surface area (Å²) in [6.07, 6.45) is 0.0532. The van der Waals surface area contributed by atoms with Crippen molar-refractivity contribution in [2.45, 2.75) is 6.42 Å². The first-order valence-corrected chi connectivity index (χ1v) is 5.26. The molecule has 0 saturated carbocycles. The summed E-state index contributed by atoms with van der Waals surface area (Å²) in [7, 11) is 1.50. The Bertz CT molecular complexity index is 331. The first-order chi connectivity index (χ1) is 7.50. The Morgan fingerprint density at radius 3 is 2.25 bits per heavy atom. The standard InChI is InChI=1S/C10H14N2O4/c1-11-9(15)6-4-12(3-2-8(13)14)5-7(6)10(11)16/h6-7H,2-5H2,1H3,(H,13,14)/t6-,7+. The van der Waals surface area contributed by atoms with E-state index in [0.29, 0.717) is 19.6 Å². The molecule has 2 atom stereocenters. The lowest BCUT2D eigenvalue weighted by molar-refractivity contribution is -0.138. The van der Waals surface area contributed by atoms with Gasteiger partial charge in [0.1, 0.15) is 0 Å². The van der Waals surface area contributed by atoms with Gasteiger partial charge in [0.2, 0.25) is 11.8 Å². The lowest BCUT2D eigenvalue weighted by atomic mass is 10.00. The number of carbonyl (C=O) groups excluding carboxylic acids is 2. The van der Waals surface area contributed by atoms with E-state index in [-0.39, 0.29) is 30.1 Å². The van der Waals surface area contributed by atoms with Crippen LogP contribution in [0.4, 0.5) is 0 Å². The fraction of sp³-hybridized carbons (Fsp3) is 0.700. The Kier molecular flexibility index (Phi) is 2.67. The summed E-state index contributed by atoms with van der Waals surface area (Å²) < 4.78 is 0. The van der Waals surface area contributed by atoms with E-state index in [4.69, 9.17) is 5.11 Å². The Hall–Kier alpha value is -1.43. The number of aliphatic carboxylic acids is 1. The highest BCUT2D eigenvalue weighted by Gasteiger charge is 2.50. The first kappa shape index (κ1) is 11.1. The molecule has 0 radical (unpaired) electrons. The van der Waals surface area contributed by atoms with Crippen molar-refractivity contribution >= 4 is 17.8 Å². The molecular weight excluding hydrogens is 212 g/mol. The summed E-state index contributed by atoms with van der Waals surface area (Å²) in [4.78, 5) is 36.8. The van der Waals surface area contributed by atoms with Crippen LogP contribution < -0.4 is 0 Å². The van der Waals surface area contributed by atoms with Gasteiger partial charge in [-0.3, -0.25) is 19.3 Å².